The van der Waals surface area contributed by atoms with Gasteiger partial charge in [0.05, 0.1) is 23.7 Å². The second kappa shape index (κ2) is 12.5. The van der Waals surface area contributed by atoms with Crippen molar-refractivity contribution >= 4 is 23.1 Å². The van der Waals surface area contributed by atoms with Gasteiger partial charge < -0.3 is 4.90 Å². The SMILES string of the molecule is C=C/C(=C\C=C/[NH2+]O)c1c(C(=O)N2CCC[C@@H]2c2ccccc2Cl)nnn1Cc1cc(C(F)(F)F)cc(C(F)(F)F)c1. The molecule has 0 spiro atoms. The molecule has 1 fully saturated rings. The molecule has 1 aliphatic rings. The highest BCUT2D eigenvalue weighted by atomic mass is 35.5. The molecule has 1 aliphatic heterocycles. The fourth-order valence-electron chi connectivity index (χ4n) is 4.80. The Kier molecular flexibility index (Phi) is 9.24. The minimum Gasteiger partial charge on any atom is -0.330 e. The first-order chi connectivity index (χ1) is 19.8. The van der Waals surface area contributed by atoms with Crippen molar-refractivity contribution in [3.63, 3.8) is 0 Å². The Morgan fingerprint density at radius 1 is 1.12 bits per heavy atom. The Morgan fingerprint density at radius 2 is 1.79 bits per heavy atom. The summed E-state index contributed by atoms with van der Waals surface area (Å²) in [5.41, 5.74) is -1.77. The molecule has 0 radical (unpaired) electrons. The number of rotatable bonds is 8. The van der Waals surface area contributed by atoms with Gasteiger partial charge in [-0.25, -0.2) is 9.89 Å². The van der Waals surface area contributed by atoms with Crippen LogP contribution in [-0.4, -0.2) is 37.6 Å². The van der Waals surface area contributed by atoms with Gasteiger partial charge in [-0.05, 0) is 60.4 Å². The van der Waals surface area contributed by atoms with E-state index in [9.17, 15) is 31.1 Å². The maximum Gasteiger partial charge on any atom is 0.416 e. The molecule has 3 N–H and O–H groups in total. The van der Waals surface area contributed by atoms with Crippen LogP contribution < -0.4 is 5.48 Å². The number of quaternary nitrogens is 1. The van der Waals surface area contributed by atoms with Crippen molar-refractivity contribution in [3.05, 3.63) is 112 Å². The lowest BCUT2D eigenvalue weighted by atomic mass is 10.0. The maximum absolute atomic E-state index is 13.9. The molecule has 222 valence electrons. The number of nitrogens with two attached hydrogens (primary N) is 1. The molecule has 1 aromatic heterocycles. The predicted octanol–water partition coefficient (Wildman–Crippen LogP) is 6.03. The number of allylic oxidation sites excluding steroid dienone is 4. The van der Waals surface area contributed by atoms with E-state index in [1.165, 1.54) is 24.4 Å². The van der Waals surface area contributed by atoms with E-state index in [1.807, 2.05) is 0 Å². The standard InChI is InChI=1S/C28H24ClF6N5O2/c1-2-18(7-5-11-36-42)25-24(26(41)39-12-6-10-23(39)21-8-3-4-9-22(21)29)37-38-40(25)16-17-13-19(27(30,31)32)15-20(14-17)28(33,34)35/h2-5,7-9,11,13-15,23,36,42H,1,6,10,12,16H2/p+1/b11-5-,18-7+/t23-/m1/s1. The van der Waals surface area contributed by atoms with Crippen molar-refractivity contribution in [3.8, 4) is 0 Å². The van der Waals surface area contributed by atoms with Crippen LogP contribution in [0.3, 0.4) is 0 Å². The topological polar surface area (TPSA) is 87.9 Å². The smallest absolute Gasteiger partial charge is 0.330 e. The van der Waals surface area contributed by atoms with Crippen LogP contribution in [-0.2, 0) is 18.9 Å². The molecule has 1 saturated heterocycles. The molecule has 0 saturated carbocycles. The number of hydroxylamine groups is 1. The number of amides is 1. The van der Waals surface area contributed by atoms with Crippen LogP contribution in [0.5, 0.6) is 0 Å². The zero-order valence-electron chi connectivity index (χ0n) is 21.8. The third kappa shape index (κ3) is 6.75. The number of benzene rings is 2. The molecule has 1 amide bonds. The third-order valence-electron chi connectivity index (χ3n) is 6.66. The van der Waals surface area contributed by atoms with E-state index in [0.717, 1.165) is 15.7 Å². The lowest BCUT2D eigenvalue weighted by molar-refractivity contribution is -0.838. The molecule has 3 aromatic rings. The Balaban J connectivity index is 1.82. The van der Waals surface area contributed by atoms with Gasteiger partial charge in [0.1, 0.15) is 11.9 Å². The summed E-state index contributed by atoms with van der Waals surface area (Å²) in [6.07, 6.45) is -3.37. The molecule has 0 unspecified atom stereocenters. The highest BCUT2D eigenvalue weighted by Gasteiger charge is 2.38. The molecule has 1 atom stereocenters. The number of carbonyl (C=O) groups excluding carboxylic acids is 1. The summed E-state index contributed by atoms with van der Waals surface area (Å²) in [6, 6.07) is 7.88. The Bertz CT molecular complexity index is 1500. The highest BCUT2D eigenvalue weighted by molar-refractivity contribution is 6.31. The summed E-state index contributed by atoms with van der Waals surface area (Å²) in [5, 5.41) is 17.5. The number of nitrogens with zero attached hydrogens (tertiary/aromatic N) is 4. The molecule has 4 rings (SSSR count). The maximum atomic E-state index is 13.9. The monoisotopic (exact) mass is 612 g/mol. The van der Waals surface area contributed by atoms with Crippen LogP contribution in [0.25, 0.3) is 5.57 Å². The summed E-state index contributed by atoms with van der Waals surface area (Å²) >= 11 is 6.40. The first-order valence-electron chi connectivity index (χ1n) is 12.6. The number of halogens is 7. The van der Waals surface area contributed by atoms with E-state index < -0.39 is 35.9 Å². The Morgan fingerprint density at radius 3 is 2.38 bits per heavy atom. The number of aromatic nitrogens is 3. The van der Waals surface area contributed by atoms with Gasteiger partial charge in [-0.1, -0.05) is 47.7 Å². The van der Waals surface area contributed by atoms with Crippen LogP contribution in [0, 0.1) is 0 Å². The van der Waals surface area contributed by atoms with Gasteiger partial charge in [-0.2, -0.15) is 31.8 Å². The first-order valence-corrected chi connectivity index (χ1v) is 13.0. The second-order valence-electron chi connectivity index (χ2n) is 9.40. The van der Waals surface area contributed by atoms with E-state index in [1.54, 1.807) is 29.2 Å². The number of carbonyl (C=O) groups is 1. The van der Waals surface area contributed by atoms with Crippen LogP contribution >= 0.6 is 11.6 Å². The van der Waals surface area contributed by atoms with Crippen molar-refractivity contribution in [2.75, 3.05) is 6.54 Å². The van der Waals surface area contributed by atoms with Gasteiger partial charge in [0.2, 0.25) is 0 Å². The van der Waals surface area contributed by atoms with Crippen molar-refractivity contribution in [1.29, 1.82) is 0 Å². The van der Waals surface area contributed by atoms with E-state index in [-0.39, 0.29) is 34.6 Å². The van der Waals surface area contributed by atoms with Gasteiger partial charge in [-0.3, -0.25) is 4.79 Å². The van der Waals surface area contributed by atoms with Gasteiger partial charge in [0, 0.05) is 17.1 Å². The number of likely N-dealkylation sites (tertiary alicyclic amines) is 1. The molecule has 0 bridgehead atoms. The van der Waals surface area contributed by atoms with Crippen LogP contribution in [0.1, 0.15) is 57.3 Å². The Hall–Kier alpha value is -3.94. The zero-order valence-corrected chi connectivity index (χ0v) is 22.6. The number of hydrogen-bond donors (Lipinski definition) is 2. The molecule has 42 heavy (non-hydrogen) atoms. The number of hydrogen-bond acceptors (Lipinski definition) is 4. The highest BCUT2D eigenvalue weighted by Crippen LogP contribution is 2.38. The summed E-state index contributed by atoms with van der Waals surface area (Å²) in [4.78, 5) is 15.5. The molecule has 2 heterocycles. The van der Waals surface area contributed by atoms with Crippen molar-refractivity contribution in [1.82, 2.24) is 19.9 Å². The van der Waals surface area contributed by atoms with Crippen molar-refractivity contribution in [2.45, 2.75) is 37.8 Å². The van der Waals surface area contributed by atoms with Gasteiger partial charge in [-0.15, -0.1) is 5.10 Å². The molecule has 7 nitrogen and oxygen atoms in total. The van der Waals surface area contributed by atoms with E-state index in [0.29, 0.717) is 36.5 Å². The molecular weight excluding hydrogens is 588 g/mol. The second-order valence-corrected chi connectivity index (χ2v) is 9.80. The lowest BCUT2D eigenvalue weighted by Crippen LogP contribution is -2.73. The number of alkyl halides is 6. The largest absolute Gasteiger partial charge is 0.416 e. The molecule has 14 heteroatoms. The van der Waals surface area contributed by atoms with Gasteiger partial charge >= 0.3 is 12.4 Å². The third-order valence-corrected chi connectivity index (χ3v) is 7.01. The fourth-order valence-corrected chi connectivity index (χ4v) is 5.07. The predicted molar refractivity (Wildman–Crippen MR) is 141 cm³/mol. The molecule has 2 aromatic carbocycles. The van der Waals surface area contributed by atoms with Gasteiger partial charge in [0.25, 0.3) is 5.91 Å². The minimum absolute atomic E-state index is 0.0216. The van der Waals surface area contributed by atoms with E-state index in [4.69, 9.17) is 16.8 Å². The summed E-state index contributed by atoms with van der Waals surface area (Å²) in [6.45, 7) is 3.51. The summed E-state index contributed by atoms with van der Waals surface area (Å²) < 4.78 is 81.9. The van der Waals surface area contributed by atoms with Crippen LogP contribution in [0.15, 0.2) is 73.5 Å². The normalized spacial score (nSPS) is 16.4. The fraction of sp³-hybridized carbons (Fsp3) is 0.250. The molecule has 0 aliphatic carbocycles. The minimum atomic E-state index is -5.04. The van der Waals surface area contributed by atoms with Gasteiger partial charge in [0.15, 0.2) is 5.69 Å². The van der Waals surface area contributed by atoms with E-state index in [2.05, 4.69) is 16.9 Å². The Labute approximate surface area is 241 Å². The van der Waals surface area contributed by atoms with Crippen LogP contribution in [0.2, 0.25) is 5.02 Å². The van der Waals surface area contributed by atoms with Crippen LogP contribution in [0.4, 0.5) is 26.3 Å². The van der Waals surface area contributed by atoms with Crippen molar-refractivity contribution in [2.24, 2.45) is 0 Å². The molecular formula is C28H25ClF6N5O2+. The zero-order chi connectivity index (χ0) is 30.7. The summed E-state index contributed by atoms with van der Waals surface area (Å²) in [5.74, 6) is -0.552. The van der Waals surface area contributed by atoms with Crippen molar-refractivity contribution < 1.29 is 41.8 Å². The average molecular weight is 613 g/mol. The lowest BCUT2D eigenvalue weighted by Gasteiger charge is -2.25. The van der Waals surface area contributed by atoms with E-state index >= 15 is 0 Å². The average Bonchev–Trinajstić information content (AvgIpc) is 3.58. The quantitative estimate of drug-likeness (QED) is 0.185. The first kappa shape index (κ1) is 31.0. The summed E-state index contributed by atoms with van der Waals surface area (Å²) in [7, 11) is 0.